The van der Waals surface area contributed by atoms with Crippen molar-refractivity contribution in [3.8, 4) is 11.5 Å². The molecule has 0 atom stereocenters. The van der Waals surface area contributed by atoms with Crippen molar-refractivity contribution in [2.75, 3.05) is 19.5 Å². The van der Waals surface area contributed by atoms with E-state index in [-0.39, 0.29) is 21.6 Å². The molecule has 1 aromatic rings. The Balaban J connectivity index is 2.74. The highest BCUT2D eigenvalue weighted by atomic mass is 35.5. The first kappa shape index (κ1) is 12.0. The van der Waals surface area contributed by atoms with Gasteiger partial charge in [0.15, 0.2) is 4.90 Å². The average Bonchev–Trinajstić information content (AvgIpc) is 2.25. The van der Waals surface area contributed by atoms with Crippen LogP contribution in [0.25, 0.3) is 0 Å². The van der Waals surface area contributed by atoms with E-state index in [4.69, 9.17) is 21.1 Å². The Morgan fingerprint density at radius 1 is 1.29 bits per heavy atom. The molecule has 0 spiro atoms. The van der Waals surface area contributed by atoms with Gasteiger partial charge < -0.3 is 14.8 Å². The summed E-state index contributed by atoms with van der Waals surface area (Å²) in [7, 11) is -1.01. The van der Waals surface area contributed by atoms with E-state index in [1.54, 1.807) is 0 Å². The Hall–Kier alpha value is -1.47. The van der Waals surface area contributed by atoms with Crippen molar-refractivity contribution in [2.24, 2.45) is 4.40 Å². The maximum Gasteiger partial charge on any atom is 0.290 e. The zero-order chi connectivity index (χ0) is 12.6. The molecular formula is C9H9ClN2O4S. The second kappa shape index (κ2) is 4.08. The van der Waals surface area contributed by atoms with E-state index < -0.39 is 10.0 Å². The molecule has 0 radical (unpaired) electrons. The number of methoxy groups -OCH3 is 2. The van der Waals surface area contributed by atoms with Gasteiger partial charge >= 0.3 is 0 Å². The number of anilines is 1. The van der Waals surface area contributed by atoms with Gasteiger partial charge in [0, 0.05) is 12.1 Å². The van der Waals surface area contributed by atoms with Crippen LogP contribution in [0.15, 0.2) is 21.4 Å². The molecule has 0 saturated heterocycles. The first-order valence-corrected chi connectivity index (χ1v) is 6.33. The lowest BCUT2D eigenvalue weighted by atomic mass is 10.2. The van der Waals surface area contributed by atoms with Gasteiger partial charge in [-0.3, -0.25) is 0 Å². The zero-order valence-corrected chi connectivity index (χ0v) is 10.6. The van der Waals surface area contributed by atoms with Gasteiger partial charge in [-0.1, -0.05) is 0 Å². The lowest BCUT2D eigenvalue weighted by Crippen LogP contribution is -2.17. The van der Waals surface area contributed by atoms with E-state index in [1.165, 1.54) is 26.4 Å². The monoisotopic (exact) mass is 276 g/mol. The van der Waals surface area contributed by atoms with Gasteiger partial charge in [0.25, 0.3) is 10.0 Å². The number of halogens is 1. The van der Waals surface area contributed by atoms with Crippen LogP contribution in [0.1, 0.15) is 0 Å². The largest absolute Gasteiger partial charge is 0.497 e. The Kier molecular flexibility index (Phi) is 2.88. The first-order chi connectivity index (χ1) is 7.97. The van der Waals surface area contributed by atoms with Crippen LogP contribution in [0.4, 0.5) is 5.69 Å². The summed E-state index contributed by atoms with van der Waals surface area (Å²) < 4.78 is 37.0. The Bertz CT molecular complexity index is 597. The topological polar surface area (TPSA) is 77.0 Å². The maximum atomic E-state index is 11.8. The van der Waals surface area contributed by atoms with Crippen molar-refractivity contribution < 1.29 is 17.9 Å². The highest BCUT2D eigenvalue weighted by molar-refractivity contribution is 7.90. The van der Waals surface area contributed by atoms with Crippen molar-refractivity contribution in [1.82, 2.24) is 0 Å². The summed E-state index contributed by atoms with van der Waals surface area (Å²) >= 11 is 5.60. The van der Waals surface area contributed by atoms with Gasteiger partial charge in [0.05, 0.1) is 19.9 Å². The molecule has 1 N–H and O–H groups in total. The Labute approximate surface area is 103 Å². The summed E-state index contributed by atoms with van der Waals surface area (Å²) in [5, 5.41) is 2.43. The van der Waals surface area contributed by atoms with Crippen molar-refractivity contribution in [1.29, 1.82) is 0 Å². The van der Waals surface area contributed by atoms with E-state index in [9.17, 15) is 8.42 Å². The average molecular weight is 277 g/mol. The lowest BCUT2D eigenvalue weighted by Gasteiger charge is -2.18. The summed E-state index contributed by atoms with van der Waals surface area (Å²) in [6.45, 7) is 0. The van der Waals surface area contributed by atoms with Crippen LogP contribution >= 0.6 is 11.6 Å². The molecule has 1 heterocycles. The van der Waals surface area contributed by atoms with Crippen molar-refractivity contribution in [2.45, 2.75) is 4.90 Å². The fraction of sp³-hybridized carbons (Fsp3) is 0.222. The molecule has 92 valence electrons. The fourth-order valence-electron chi connectivity index (χ4n) is 1.49. The number of hydrogen-bond donors (Lipinski definition) is 1. The summed E-state index contributed by atoms with van der Waals surface area (Å²) in [6.07, 6.45) is 0. The molecule has 0 aromatic heterocycles. The van der Waals surface area contributed by atoms with Crippen LogP contribution in [0, 0.1) is 0 Å². The third-order valence-corrected chi connectivity index (χ3v) is 3.82. The highest BCUT2D eigenvalue weighted by Crippen LogP contribution is 2.39. The molecule has 0 unspecified atom stereocenters. The van der Waals surface area contributed by atoms with Crippen LogP contribution in [0.5, 0.6) is 11.5 Å². The molecule has 1 aliphatic rings. The van der Waals surface area contributed by atoms with Gasteiger partial charge in [-0.05, 0) is 11.6 Å². The highest BCUT2D eigenvalue weighted by Gasteiger charge is 2.29. The molecule has 1 aromatic carbocycles. The molecule has 6 nitrogen and oxygen atoms in total. The summed E-state index contributed by atoms with van der Waals surface area (Å²) in [5.41, 5.74) is 0.279. The smallest absolute Gasteiger partial charge is 0.290 e. The van der Waals surface area contributed by atoms with E-state index in [1.807, 2.05) is 0 Å². The number of hydrogen-bond acceptors (Lipinski definition) is 5. The summed E-state index contributed by atoms with van der Waals surface area (Å²) in [6, 6.07) is 2.97. The quantitative estimate of drug-likeness (QED) is 0.827. The molecule has 0 bridgehead atoms. The molecule has 17 heavy (non-hydrogen) atoms. The number of ether oxygens (including phenoxy) is 2. The van der Waals surface area contributed by atoms with Crippen LogP contribution in [-0.4, -0.2) is 27.9 Å². The van der Waals surface area contributed by atoms with Gasteiger partial charge in [-0.15, -0.1) is 4.40 Å². The number of nitrogens with zero attached hydrogens (tertiary/aromatic N) is 1. The van der Waals surface area contributed by atoms with Crippen molar-refractivity contribution in [3.63, 3.8) is 0 Å². The van der Waals surface area contributed by atoms with E-state index >= 15 is 0 Å². The SMILES string of the molecule is COc1cc2c(c(OC)c1)S(=O)(=O)N=C(Cl)N2. The maximum absolute atomic E-state index is 11.8. The second-order valence-corrected chi connectivity index (χ2v) is 5.09. The number of rotatable bonds is 2. The molecule has 8 heteroatoms. The number of sulfonamides is 1. The van der Waals surface area contributed by atoms with Crippen LogP contribution in [0.2, 0.25) is 0 Å². The summed E-state index contributed by atoms with van der Waals surface area (Å²) in [5.74, 6) is 0.606. The van der Waals surface area contributed by atoms with Crippen LogP contribution in [-0.2, 0) is 10.0 Å². The Morgan fingerprint density at radius 3 is 2.59 bits per heavy atom. The van der Waals surface area contributed by atoms with Gasteiger partial charge in [-0.25, -0.2) is 0 Å². The minimum Gasteiger partial charge on any atom is -0.497 e. The van der Waals surface area contributed by atoms with Crippen molar-refractivity contribution in [3.05, 3.63) is 12.1 Å². The predicted molar refractivity (Wildman–Crippen MR) is 63.6 cm³/mol. The van der Waals surface area contributed by atoms with Gasteiger partial charge in [-0.2, -0.15) is 8.42 Å². The van der Waals surface area contributed by atoms with E-state index in [2.05, 4.69) is 9.71 Å². The van der Waals surface area contributed by atoms with Gasteiger partial charge in [0.2, 0.25) is 5.29 Å². The third kappa shape index (κ3) is 2.03. The minimum absolute atomic E-state index is 0.0507. The van der Waals surface area contributed by atoms with Crippen LogP contribution in [0.3, 0.4) is 0 Å². The normalized spacial score (nSPS) is 16.5. The third-order valence-electron chi connectivity index (χ3n) is 2.18. The standard InChI is InChI=1S/C9H9ClN2O4S/c1-15-5-3-6-8(7(4-5)16-2)17(13,14)12-9(10)11-6/h3-4H,1-2H3,(H,11,12). The van der Waals surface area contributed by atoms with E-state index in [0.29, 0.717) is 5.75 Å². The number of amidine groups is 1. The number of fused-ring (bicyclic) bond motifs is 1. The molecule has 0 aliphatic carbocycles. The molecule has 2 rings (SSSR count). The first-order valence-electron chi connectivity index (χ1n) is 4.51. The molecule has 0 amide bonds. The minimum atomic E-state index is -3.85. The number of benzene rings is 1. The summed E-state index contributed by atoms with van der Waals surface area (Å²) in [4.78, 5) is -0.0507. The second-order valence-electron chi connectivity index (χ2n) is 3.19. The molecule has 0 saturated carbocycles. The Morgan fingerprint density at radius 2 is 2.00 bits per heavy atom. The fourth-order valence-corrected chi connectivity index (χ4v) is 3.00. The molecule has 0 fully saturated rings. The lowest BCUT2D eigenvalue weighted by molar-refractivity contribution is 0.387. The van der Waals surface area contributed by atoms with Crippen molar-refractivity contribution >= 4 is 32.6 Å². The predicted octanol–water partition coefficient (Wildman–Crippen LogP) is 1.41. The van der Waals surface area contributed by atoms with Crippen LogP contribution < -0.4 is 14.8 Å². The zero-order valence-electron chi connectivity index (χ0n) is 9.02. The number of nitrogens with one attached hydrogen (secondary N) is 1. The molecular weight excluding hydrogens is 268 g/mol. The molecule has 1 aliphatic heterocycles. The van der Waals surface area contributed by atoms with Gasteiger partial charge in [0.1, 0.15) is 11.5 Å². The van der Waals surface area contributed by atoms with E-state index in [0.717, 1.165) is 0 Å².